The van der Waals surface area contributed by atoms with E-state index in [-0.39, 0.29) is 0 Å². The minimum atomic E-state index is -1.75. The molecule has 5 N–H and O–H groups in total. The van der Waals surface area contributed by atoms with Gasteiger partial charge in [0.25, 0.3) is 22.7 Å². The molecule has 0 saturated carbocycles. The number of aromatic amines is 3. The molecule has 27 heavy (non-hydrogen) atoms. The molecular formula is C13H10N4O10. The minimum Gasteiger partial charge on any atom is -0.475 e. The molecule has 0 aliphatic carbocycles. The van der Waals surface area contributed by atoms with Crippen LogP contribution in [0.5, 0.6) is 0 Å². The summed E-state index contributed by atoms with van der Waals surface area (Å²) in [6, 6.07) is 0. The Balaban J connectivity index is 0.000000271. The zero-order valence-electron chi connectivity index (χ0n) is 13.3. The Labute approximate surface area is 145 Å². The van der Waals surface area contributed by atoms with Gasteiger partial charge in [0.15, 0.2) is 0 Å². The van der Waals surface area contributed by atoms with Gasteiger partial charge in [0, 0.05) is 19.4 Å². The summed E-state index contributed by atoms with van der Waals surface area (Å²) in [6.45, 7) is 0. The van der Waals surface area contributed by atoms with Gasteiger partial charge >= 0.3 is 23.3 Å². The van der Waals surface area contributed by atoms with Crippen LogP contribution in [0.3, 0.4) is 0 Å². The second-order valence-electron chi connectivity index (χ2n) is 4.67. The molecule has 2 aromatic heterocycles. The second kappa shape index (κ2) is 8.15. The normalized spacial score (nSPS) is 9.67. The first kappa shape index (κ1) is 20.7. The van der Waals surface area contributed by atoms with Crippen molar-refractivity contribution in [3.05, 3.63) is 65.2 Å². The third-order valence-electron chi connectivity index (χ3n) is 2.81. The van der Waals surface area contributed by atoms with E-state index in [9.17, 15) is 38.4 Å². The van der Waals surface area contributed by atoms with Crippen LogP contribution in [0.15, 0.2) is 31.6 Å². The zero-order chi connectivity index (χ0) is 20.9. The van der Waals surface area contributed by atoms with Gasteiger partial charge in [-0.1, -0.05) is 0 Å². The smallest absolute Gasteiger partial charge is 0.377 e. The average Bonchev–Trinajstić information content (AvgIpc) is 2.57. The third kappa shape index (κ3) is 5.05. The quantitative estimate of drug-likeness (QED) is 0.261. The van der Waals surface area contributed by atoms with Gasteiger partial charge in [-0.25, -0.2) is 19.2 Å². The lowest BCUT2D eigenvalue weighted by atomic mass is 10.2. The van der Waals surface area contributed by atoms with Crippen molar-refractivity contribution in [1.29, 1.82) is 0 Å². The van der Waals surface area contributed by atoms with Crippen LogP contribution >= 0.6 is 0 Å². The highest BCUT2D eigenvalue weighted by molar-refractivity contribution is 6.40. The minimum absolute atomic E-state index is 0.570. The van der Waals surface area contributed by atoms with Crippen LogP contribution in [0, 0.1) is 0 Å². The van der Waals surface area contributed by atoms with Gasteiger partial charge in [-0.2, -0.15) is 0 Å². The van der Waals surface area contributed by atoms with Gasteiger partial charge in [0.1, 0.15) is 11.1 Å². The Hall–Kier alpha value is -4.36. The Morgan fingerprint density at radius 2 is 1.33 bits per heavy atom. The van der Waals surface area contributed by atoms with Crippen molar-refractivity contribution in [3.63, 3.8) is 0 Å². The number of Topliss-reactive ketones (excluding diaryl/α,β-unsaturated/α-hetero) is 2. The van der Waals surface area contributed by atoms with Crippen molar-refractivity contribution in [2.75, 3.05) is 0 Å². The van der Waals surface area contributed by atoms with Crippen LogP contribution in [-0.4, -0.2) is 53.2 Å². The fourth-order valence-electron chi connectivity index (χ4n) is 1.53. The summed E-state index contributed by atoms with van der Waals surface area (Å²) >= 11 is 0. The van der Waals surface area contributed by atoms with E-state index in [1.54, 1.807) is 4.98 Å². The maximum absolute atomic E-state index is 11.0. The fraction of sp³-hybridized carbons (Fsp3) is 0.0769. The van der Waals surface area contributed by atoms with Crippen molar-refractivity contribution in [3.8, 4) is 0 Å². The number of rotatable bonds is 4. The molecule has 0 amide bonds. The van der Waals surface area contributed by atoms with Gasteiger partial charge in [-0.15, -0.1) is 0 Å². The molecule has 0 aromatic carbocycles. The molecule has 2 aromatic rings. The first-order valence-electron chi connectivity index (χ1n) is 6.63. The van der Waals surface area contributed by atoms with Crippen molar-refractivity contribution < 1.29 is 29.4 Å². The first-order chi connectivity index (χ1) is 12.5. The summed E-state index contributed by atoms with van der Waals surface area (Å²) in [5.41, 5.74) is -4.70. The number of carbonyl (C=O) groups is 4. The third-order valence-corrected chi connectivity index (χ3v) is 2.81. The maximum atomic E-state index is 11.0. The lowest BCUT2D eigenvalue weighted by Gasteiger charge is -1.97. The summed E-state index contributed by atoms with van der Waals surface area (Å²) in [7, 11) is 1.29. The molecule has 0 saturated heterocycles. The predicted octanol–water partition coefficient (Wildman–Crippen LogP) is -3.33. The Bertz CT molecular complexity index is 1160. The van der Waals surface area contributed by atoms with Crippen LogP contribution in [-0.2, 0) is 16.6 Å². The number of carboxylic acid groups (broad SMARTS) is 2. The molecule has 0 unspecified atom stereocenters. The molecule has 0 fully saturated rings. The molecule has 0 aliphatic rings. The SMILES string of the molecule is Cn1cc(C(=O)C(=O)O)c(=O)[nH]c1=O.O=C(O)C(=O)c1c[nH]c(=O)[nH]c1=O. The molecule has 2 heterocycles. The van der Waals surface area contributed by atoms with E-state index in [0.29, 0.717) is 0 Å². The van der Waals surface area contributed by atoms with Crippen LogP contribution in [0.4, 0.5) is 0 Å². The van der Waals surface area contributed by atoms with E-state index >= 15 is 0 Å². The Kier molecular flexibility index (Phi) is 6.24. The summed E-state index contributed by atoms with van der Waals surface area (Å²) < 4.78 is 0.914. The predicted molar refractivity (Wildman–Crippen MR) is 83.9 cm³/mol. The van der Waals surface area contributed by atoms with Crippen LogP contribution < -0.4 is 22.5 Å². The largest absolute Gasteiger partial charge is 0.475 e. The zero-order valence-corrected chi connectivity index (χ0v) is 13.3. The summed E-state index contributed by atoms with van der Waals surface area (Å²) in [4.78, 5) is 90.7. The van der Waals surface area contributed by atoms with Gasteiger partial charge in [-0.05, 0) is 0 Å². The van der Waals surface area contributed by atoms with Crippen LogP contribution in [0.2, 0.25) is 0 Å². The van der Waals surface area contributed by atoms with Crippen molar-refractivity contribution in [2.24, 2.45) is 7.05 Å². The van der Waals surface area contributed by atoms with E-state index in [2.05, 4.69) is 0 Å². The number of nitrogens with zero attached hydrogens (tertiary/aromatic N) is 1. The van der Waals surface area contributed by atoms with Crippen LogP contribution in [0.1, 0.15) is 20.7 Å². The van der Waals surface area contributed by atoms with E-state index < -0.39 is 57.1 Å². The number of aryl methyl sites for hydroxylation is 1. The lowest BCUT2D eigenvalue weighted by molar-refractivity contribution is -0.132. The number of hydrogen-bond donors (Lipinski definition) is 5. The molecule has 0 aliphatic heterocycles. The van der Waals surface area contributed by atoms with Crippen molar-refractivity contribution in [1.82, 2.24) is 19.5 Å². The second-order valence-corrected chi connectivity index (χ2v) is 4.67. The Morgan fingerprint density at radius 1 is 0.852 bits per heavy atom. The van der Waals surface area contributed by atoms with Crippen molar-refractivity contribution >= 4 is 23.5 Å². The highest BCUT2D eigenvalue weighted by Gasteiger charge is 2.19. The summed E-state index contributed by atoms with van der Waals surface area (Å²) in [5, 5.41) is 16.6. The molecule has 0 radical (unpaired) electrons. The number of H-pyrrole nitrogens is 3. The van der Waals surface area contributed by atoms with E-state index in [4.69, 9.17) is 10.2 Å². The molecule has 0 spiro atoms. The molecule has 14 nitrogen and oxygen atoms in total. The number of aliphatic carboxylic acids is 2. The molecular weight excluding hydrogens is 372 g/mol. The number of aromatic nitrogens is 4. The summed E-state index contributed by atoms with van der Waals surface area (Å²) in [6.07, 6.45) is 1.65. The highest BCUT2D eigenvalue weighted by Crippen LogP contribution is 1.89. The molecule has 14 heteroatoms. The summed E-state index contributed by atoms with van der Waals surface area (Å²) in [5.74, 6) is -6.20. The first-order valence-corrected chi connectivity index (χ1v) is 6.63. The number of ketones is 2. The van der Waals surface area contributed by atoms with Gasteiger partial charge in [0.2, 0.25) is 0 Å². The van der Waals surface area contributed by atoms with E-state index in [0.717, 1.165) is 17.0 Å². The standard InChI is InChI=1S/C7H6N2O5.C6H4N2O5/c1-9-2-3(4(10)6(12)13)5(11)8-7(9)14;9-3(5(11)12)2-1-7-6(13)8-4(2)10/h2H,1H3,(H,12,13)(H,8,11,14);1H,(H,11,12)(H2,7,8,10,13). The number of nitrogens with one attached hydrogen (secondary N) is 3. The lowest BCUT2D eigenvalue weighted by Crippen LogP contribution is -2.33. The average molecular weight is 382 g/mol. The molecule has 0 bridgehead atoms. The Morgan fingerprint density at radius 3 is 1.81 bits per heavy atom. The van der Waals surface area contributed by atoms with E-state index in [1.165, 1.54) is 7.05 Å². The van der Waals surface area contributed by atoms with Crippen molar-refractivity contribution in [2.45, 2.75) is 0 Å². The molecule has 142 valence electrons. The van der Waals surface area contributed by atoms with Gasteiger partial charge in [-0.3, -0.25) is 29.1 Å². The topological polar surface area (TPSA) is 229 Å². The highest BCUT2D eigenvalue weighted by atomic mass is 16.4. The molecule has 2 rings (SSSR count). The fourth-order valence-corrected chi connectivity index (χ4v) is 1.53. The molecule has 0 atom stereocenters. The van der Waals surface area contributed by atoms with Gasteiger partial charge < -0.3 is 19.8 Å². The number of hydrogen-bond acceptors (Lipinski definition) is 8. The van der Waals surface area contributed by atoms with Gasteiger partial charge in [0.05, 0.1) is 0 Å². The van der Waals surface area contributed by atoms with E-state index in [1.807, 2.05) is 9.97 Å². The number of carbonyl (C=O) groups excluding carboxylic acids is 2. The van der Waals surface area contributed by atoms with Crippen LogP contribution in [0.25, 0.3) is 0 Å². The maximum Gasteiger partial charge on any atom is 0.377 e. The monoisotopic (exact) mass is 382 g/mol. The number of carboxylic acids is 2.